The van der Waals surface area contributed by atoms with Crippen molar-refractivity contribution in [1.29, 1.82) is 0 Å². The Labute approximate surface area is 134 Å². The van der Waals surface area contributed by atoms with Crippen LogP contribution in [0.4, 0.5) is 5.69 Å². The Morgan fingerprint density at radius 1 is 1.41 bits per heavy atom. The minimum absolute atomic E-state index is 0.215. The molecular weight excluding hydrogens is 278 g/mol. The van der Waals surface area contributed by atoms with Crippen LogP contribution in [-0.4, -0.2) is 50.7 Å². The Morgan fingerprint density at radius 3 is 2.91 bits per heavy atom. The summed E-state index contributed by atoms with van der Waals surface area (Å²) in [5, 5.41) is 10.1. The zero-order valence-electron chi connectivity index (χ0n) is 14.0. The lowest BCUT2D eigenvalue weighted by Crippen LogP contribution is -2.33. The highest BCUT2D eigenvalue weighted by Crippen LogP contribution is 2.21. The molecule has 0 aromatic heterocycles. The van der Waals surface area contributed by atoms with Crippen molar-refractivity contribution in [3.05, 3.63) is 29.8 Å². The minimum atomic E-state index is -0.492. The lowest BCUT2D eigenvalue weighted by atomic mass is 10.0. The van der Waals surface area contributed by atoms with Gasteiger partial charge < -0.3 is 19.5 Å². The summed E-state index contributed by atoms with van der Waals surface area (Å²) in [6.07, 6.45) is 1.91. The molecule has 0 radical (unpaired) electrons. The van der Waals surface area contributed by atoms with Crippen molar-refractivity contribution in [1.82, 2.24) is 0 Å². The van der Waals surface area contributed by atoms with Crippen LogP contribution >= 0.6 is 0 Å². The Morgan fingerprint density at radius 2 is 2.23 bits per heavy atom. The molecule has 4 nitrogen and oxygen atoms in total. The molecule has 2 unspecified atom stereocenters. The molecule has 2 rings (SSSR count). The second-order valence-electron chi connectivity index (χ2n) is 6.46. The van der Waals surface area contributed by atoms with Gasteiger partial charge in [0.05, 0.1) is 25.4 Å². The highest BCUT2D eigenvalue weighted by atomic mass is 16.5. The van der Waals surface area contributed by atoms with Crippen molar-refractivity contribution in [2.75, 3.05) is 38.3 Å². The smallest absolute Gasteiger partial charge is 0.0947 e. The highest BCUT2D eigenvalue weighted by molar-refractivity contribution is 5.48. The SMILES string of the molecule is CC(C)c1cccc(N(C)CC(O)COCC2CCCO2)c1. The van der Waals surface area contributed by atoms with E-state index >= 15 is 0 Å². The van der Waals surface area contributed by atoms with Crippen LogP contribution in [0.2, 0.25) is 0 Å². The van der Waals surface area contributed by atoms with Crippen molar-refractivity contribution in [3.8, 4) is 0 Å². The number of hydrogen-bond donors (Lipinski definition) is 1. The highest BCUT2D eigenvalue weighted by Gasteiger charge is 2.16. The van der Waals surface area contributed by atoms with Gasteiger partial charge in [-0.15, -0.1) is 0 Å². The molecule has 0 saturated carbocycles. The second kappa shape index (κ2) is 8.51. The fourth-order valence-electron chi connectivity index (χ4n) is 2.71. The molecule has 4 heteroatoms. The van der Waals surface area contributed by atoms with Crippen LogP contribution < -0.4 is 4.90 Å². The van der Waals surface area contributed by atoms with Crippen LogP contribution in [0.25, 0.3) is 0 Å². The third kappa shape index (κ3) is 5.27. The molecule has 1 aromatic rings. The van der Waals surface area contributed by atoms with Crippen LogP contribution in [0.1, 0.15) is 38.2 Å². The normalized spacial score (nSPS) is 19.6. The monoisotopic (exact) mass is 307 g/mol. The van der Waals surface area contributed by atoms with E-state index in [-0.39, 0.29) is 6.10 Å². The summed E-state index contributed by atoms with van der Waals surface area (Å²) < 4.78 is 11.1. The molecule has 0 bridgehead atoms. The second-order valence-corrected chi connectivity index (χ2v) is 6.46. The van der Waals surface area contributed by atoms with Gasteiger partial charge in [-0.05, 0) is 36.5 Å². The van der Waals surface area contributed by atoms with Gasteiger partial charge in [-0.1, -0.05) is 26.0 Å². The molecule has 1 fully saturated rings. The number of benzene rings is 1. The van der Waals surface area contributed by atoms with E-state index in [4.69, 9.17) is 9.47 Å². The number of aliphatic hydroxyl groups is 1. The molecule has 0 spiro atoms. The summed E-state index contributed by atoms with van der Waals surface area (Å²) >= 11 is 0. The van der Waals surface area contributed by atoms with Crippen LogP contribution in [0.15, 0.2) is 24.3 Å². The van der Waals surface area contributed by atoms with Crippen LogP contribution in [0, 0.1) is 0 Å². The van der Waals surface area contributed by atoms with Gasteiger partial charge in [0.2, 0.25) is 0 Å². The topological polar surface area (TPSA) is 41.9 Å². The molecule has 0 aliphatic carbocycles. The van der Waals surface area contributed by atoms with Crippen molar-refractivity contribution < 1.29 is 14.6 Å². The van der Waals surface area contributed by atoms with E-state index in [1.807, 2.05) is 7.05 Å². The van der Waals surface area contributed by atoms with Gasteiger partial charge in [0.1, 0.15) is 0 Å². The molecule has 1 aliphatic heterocycles. The van der Waals surface area contributed by atoms with E-state index in [0.717, 1.165) is 25.1 Å². The van der Waals surface area contributed by atoms with Gasteiger partial charge in [-0.3, -0.25) is 0 Å². The summed E-state index contributed by atoms with van der Waals surface area (Å²) in [4.78, 5) is 2.08. The minimum Gasteiger partial charge on any atom is -0.389 e. The molecule has 1 heterocycles. The van der Waals surface area contributed by atoms with E-state index < -0.39 is 6.10 Å². The number of nitrogens with zero attached hydrogens (tertiary/aromatic N) is 1. The maximum absolute atomic E-state index is 10.1. The predicted octanol–water partition coefficient (Wildman–Crippen LogP) is 2.80. The summed E-state index contributed by atoms with van der Waals surface area (Å²) in [6, 6.07) is 8.47. The van der Waals surface area contributed by atoms with Gasteiger partial charge in [-0.25, -0.2) is 0 Å². The molecule has 1 aromatic carbocycles. The Bertz CT molecular complexity index is 444. The molecular formula is C18H29NO3. The van der Waals surface area contributed by atoms with Crippen molar-refractivity contribution >= 4 is 5.69 Å². The molecule has 1 N–H and O–H groups in total. The quantitative estimate of drug-likeness (QED) is 0.802. The summed E-state index contributed by atoms with van der Waals surface area (Å²) in [5.74, 6) is 0.507. The van der Waals surface area contributed by atoms with Gasteiger partial charge in [0.25, 0.3) is 0 Å². The maximum Gasteiger partial charge on any atom is 0.0947 e. The Kier molecular flexibility index (Phi) is 6.68. The van der Waals surface area contributed by atoms with Gasteiger partial charge in [-0.2, -0.15) is 0 Å². The Balaban J connectivity index is 1.75. The maximum atomic E-state index is 10.1. The largest absolute Gasteiger partial charge is 0.389 e. The molecule has 1 saturated heterocycles. The summed E-state index contributed by atoms with van der Waals surface area (Å²) in [5.41, 5.74) is 2.44. The summed E-state index contributed by atoms with van der Waals surface area (Å²) in [6.45, 7) is 6.72. The standard InChI is InChI=1S/C18H29NO3/c1-14(2)15-6-4-7-16(10-15)19(3)11-17(20)12-21-13-18-8-5-9-22-18/h4,6-7,10,14,17-18,20H,5,8-9,11-13H2,1-3H3. The van der Waals surface area contributed by atoms with E-state index in [2.05, 4.69) is 43.0 Å². The van der Waals surface area contributed by atoms with Crippen LogP contribution in [0.3, 0.4) is 0 Å². The van der Waals surface area contributed by atoms with Crippen molar-refractivity contribution in [3.63, 3.8) is 0 Å². The van der Waals surface area contributed by atoms with Gasteiger partial charge in [0, 0.05) is 25.9 Å². The molecule has 2 atom stereocenters. The average molecular weight is 307 g/mol. The lowest BCUT2D eigenvalue weighted by molar-refractivity contribution is -0.0147. The van der Waals surface area contributed by atoms with Crippen molar-refractivity contribution in [2.24, 2.45) is 0 Å². The van der Waals surface area contributed by atoms with Crippen LogP contribution in [-0.2, 0) is 9.47 Å². The molecule has 1 aliphatic rings. The van der Waals surface area contributed by atoms with Gasteiger partial charge >= 0.3 is 0 Å². The molecule has 0 amide bonds. The van der Waals surface area contributed by atoms with E-state index in [0.29, 0.717) is 25.7 Å². The van der Waals surface area contributed by atoms with E-state index in [1.165, 1.54) is 5.56 Å². The number of likely N-dealkylation sites (N-methyl/N-ethyl adjacent to an activating group) is 1. The zero-order chi connectivity index (χ0) is 15.9. The number of anilines is 1. The number of aliphatic hydroxyl groups excluding tert-OH is 1. The third-order valence-corrected chi connectivity index (χ3v) is 4.10. The zero-order valence-corrected chi connectivity index (χ0v) is 14.0. The van der Waals surface area contributed by atoms with Gasteiger partial charge in [0.15, 0.2) is 0 Å². The van der Waals surface area contributed by atoms with Crippen LogP contribution in [0.5, 0.6) is 0 Å². The third-order valence-electron chi connectivity index (χ3n) is 4.10. The Hall–Kier alpha value is -1.10. The first-order valence-corrected chi connectivity index (χ1v) is 8.24. The first kappa shape index (κ1) is 17.3. The molecule has 22 heavy (non-hydrogen) atoms. The fourth-order valence-corrected chi connectivity index (χ4v) is 2.71. The number of rotatable bonds is 8. The summed E-state index contributed by atoms with van der Waals surface area (Å²) in [7, 11) is 2.00. The fraction of sp³-hybridized carbons (Fsp3) is 0.667. The van der Waals surface area contributed by atoms with Crippen molar-refractivity contribution in [2.45, 2.75) is 44.8 Å². The first-order valence-electron chi connectivity index (χ1n) is 8.24. The number of hydrogen-bond acceptors (Lipinski definition) is 4. The van der Waals surface area contributed by atoms with E-state index in [1.54, 1.807) is 0 Å². The molecule has 124 valence electrons. The predicted molar refractivity (Wildman–Crippen MR) is 89.6 cm³/mol. The lowest BCUT2D eigenvalue weighted by Gasteiger charge is -2.24. The first-order chi connectivity index (χ1) is 10.6. The number of ether oxygens (including phenoxy) is 2. The van der Waals surface area contributed by atoms with E-state index in [9.17, 15) is 5.11 Å². The average Bonchev–Trinajstić information content (AvgIpc) is 3.00.